The van der Waals surface area contributed by atoms with Crippen LogP contribution in [0.4, 0.5) is 4.39 Å². The van der Waals surface area contributed by atoms with Crippen LogP contribution in [0, 0.1) is 5.82 Å². The van der Waals surface area contributed by atoms with E-state index in [1.165, 1.54) is 6.07 Å². The summed E-state index contributed by atoms with van der Waals surface area (Å²) in [5, 5.41) is -0.401. The van der Waals surface area contributed by atoms with Gasteiger partial charge in [-0.3, -0.25) is 9.00 Å². The number of carbonyl (C=O) groups excluding carboxylic acids is 1. The highest BCUT2D eigenvalue weighted by Crippen LogP contribution is 2.24. The van der Waals surface area contributed by atoms with Crippen LogP contribution in [0.3, 0.4) is 0 Å². The molecule has 0 aliphatic carbocycles. The van der Waals surface area contributed by atoms with Gasteiger partial charge in [0.05, 0.1) is 5.25 Å². The number of hydrogen-bond donors (Lipinski definition) is 1. The van der Waals surface area contributed by atoms with Crippen molar-refractivity contribution in [3.05, 3.63) is 71.0 Å². The van der Waals surface area contributed by atoms with Crippen molar-refractivity contribution >= 4 is 16.7 Å². The molecule has 0 radical (unpaired) electrons. The Hall–Kier alpha value is -2.01. The third-order valence-corrected chi connectivity index (χ3v) is 4.95. The first-order chi connectivity index (χ1) is 9.99. The highest BCUT2D eigenvalue weighted by atomic mass is 32.2. The van der Waals surface area contributed by atoms with Crippen LogP contribution in [-0.2, 0) is 16.6 Å². The quantitative estimate of drug-likeness (QED) is 0.923. The minimum Gasteiger partial charge on any atom is -0.366 e. The molecule has 0 saturated heterocycles. The average molecular weight is 305 g/mol. The van der Waals surface area contributed by atoms with Gasteiger partial charge in [0, 0.05) is 27.7 Å². The summed E-state index contributed by atoms with van der Waals surface area (Å²) in [6.45, 7) is 1.74. The van der Waals surface area contributed by atoms with Gasteiger partial charge < -0.3 is 5.73 Å². The average Bonchev–Trinajstić information content (AvgIpc) is 2.47. The van der Waals surface area contributed by atoms with Gasteiger partial charge in [0.1, 0.15) is 5.82 Å². The molecular formula is C16H16FNO2S. The second kappa shape index (κ2) is 6.63. The van der Waals surface area contributed by atoms with E-state index in [2.05, 4.69) is 0 Å². The van der Waals surface area contributed by atoms with Crippen LogP contribution in [0.2, 0.25) is 0 Å². The molecule has 2 rings (SSSR count). The zero-order valence-corrected chi connectivity index (χ0v) is 12.4. The molecule has 0 heterocycles. The van der Waals surface area contributed by atoms with Gasteiger partial charge in [-0.1, -0.05) is 30.3 Å². The number of carbonyl (C=O) groups is 1. The second-order valence-electron chi connectivity index (χ2n) is 4.75. The van der Waals surface area contributed by atoms with E-state index >= 15 is 0 Å². The van der Waals surface area contributed by atoms with Crippen molar-refractivity contribution in [2.45, 2.75) is 17.9 Å². The third-order valence-electron chi connectivity index (χ3n) is 3.28. The van der Waals surface area contributed by atoms with Gasteiger partial charge in [-0.15, -0.1) is 0 Å². The molecule has 21 heavy (non-hydrogen) atoms. The maximum Gasteiger partial charge on any atom is 0.248 e. The van der Waals surface area contributed by atoms with Crippen molar-refractivity contribution in [1.29, 1.82) is 0 Å². The highest BCUT2D eigenvalue weighted by Gasteiger charge is 2.17. The van der Waals surface area contributed by atoms with Gasteiger partial charge >= 0.3 is 0 Å². The lowest BCUT2D eigenvalue weighted by atomic mass is 10.1. The summed E-state index contributed by atoms with van der Waals surface area (Å²) in [6, 6.07) is 13.0. The van der Waals surface area contributed by atoms with E-state index in [0.29, 0.717) is 16.9 Å². The summed E-state index contributed by atoms with van der Waals surface area (Å²) < 4.78 is 26.0. The number of hydrogen-bond acceptors (Lipinski definition) is 2. The van der Waals surface area contributed by atoms with E-state index in [1.54, 1.807) is 49.4 Å². The standard InChI is InChI=1S/C16H16FNO2S/c1-11(14-4-2-3-5-15(14)17)21(20)10-12-6-8-13(9-7-12)16(18)19/h2-9,11H,10H2,1H3,(H2,18,19)/t11-,21-/m1/s1. The van der Waals surface area contributed by atoms with Crippen LogP contribution in [0.25, 0.3) is 0 Å². The van der Waals surface area contributed by atoms with Crippen molar-refractivity contribution in [3.63, 3.8) is 0 Å². The Labute approximate surface area is 125 Å². The Balaban J connectivity index is 2.11. The van der Waals surface area contributed by atoms with Crippen molar-refractivity contribution < 1.29 is 13.4 Å². The number of nitrogens with two attached hydrogens (primary N) is 1. The molecule has 0 aliphatic rings. The second-order valence-corrected chi connectivity index (χ2v) is 6.51. The summed E-state index contributed by atoms with van der Waals surface area (Å²) in [5.74, 6) is -0.543. The SMILES string of the molecule is C[C@H](c1ccccc1F)[S@](=O)Cc1ccc(C(N)=O)cc1. The Morgan fingerprint density at radius 2 is 1.81 bits per heavy atom. The summed E-state index contributed by atoms with van der Waals surface area (Å²) in [5.41, 5.74) is 6.84. The molecule has 0 spiro atoms. The molecule has 2 N–H and O–H groups in total. The van der Waals surface area contributed by atoms with Gasteiger partial charge in [-0.25, -0.2) is 4.39 Å². The van der Waals surface area contributed by atoms with Crippen LogP contribution in [0.5, 0.6) is 0 Å². The lowest BCUT2D eigenvalue weighted by Gasteiger charge is -2.13. The van der Waals surface area contributed by atoms with E-state index < -0.39 is 22.0 Å². The molecule has 5 heteroatoms. The van der Waals surface area contributed by atoms with Crippen LogP contribution >= 0.6 is 0 Å². The number of amides is 1. The molecule has 2 aromatic carbocycles. The molecule has 110 valence electrons. The minimum atomic E-state index is -1.25. The Morgan fingerprint density at radius 3 is 2.38 bits per heavy atom. The van der Waals surface area contributed by atoms with Crippen molar-refractivity contribution in [2.24, 2.45) is 5.73 Å². The topological polar surface area (TPSA) is 60.2 Å². The number of benzene rings is 2. The van der Waals surface area contributed by atoms with Crippen LogP contribution in [0.15, 0.2) is 48.5 Å². The van der Waals surface area contributed by atoms with Crippen LogP contribution in [0.1, 0.15) is 33.7 Å². The largest absolute Gasteiger partial charge is 0.366 e. The summed E-state index contributed by atoms with van der Waals surface area (Å²) >= 11 is 0. The number of primary amides is 1. The van der Waals surface area contributed by atoms with E-state index in [1.807, 2.05) is 0 Å². The minimum absolute atomic E-state index is 0.300. The summed E-state index contributed by atoms with van der Waals surface area (Å²) in [6.07, 6.45) is 0. The monoisotopic (exact) mass is 305 g/mol. The molecule has 0 bridgehead atoms. The predicted octanol–water partition coefficient (Wildman–Crippen LogP) is 2.93. The first kappa shape index (κ1) is 15.4. The molecule has 0 unspecified atom stereocenters. The van der Waals surface area contributed by atoms with Gasteiger partial charge in [0.15, 0.2) is 0 Å². The van der Waals surface area contributed by atoms with E-state index in [-0.39, 0.29) is 5.82 Å². The maximum absolute atomic E-state index is 13.7. The number of halogens is 1. The molecular weight excluding hydrogens is 289 g/mol. The molecule has 0 fully saturated rings. The van der Waals surface area contributed by atoms with Gasteiger partial charge in [-0.05, 0) is 30.7 Å². The van der Waals surface area contributed by atoms with Crippen molar-refractivity contribution in [1.82, 2.24) is 0 Å². The number of rotatable bonds is 5. The smallest absolute Gasteiger partial charge is 0.248 e. The molecule has 2 aromatic rings. The fraction of sp³-hybridized carbons (Fsp3) is 0.188. The predicted molar refractivity (Wildman–Crippen MR) is 81.6 cm³/mol. The first-order valence-electron chi connectivity index (χ1n) is 6.49. The van der Waals surface area contributed by atoms with E-state index in [9.17, 15) is 13.4 Å². The molecule has 0 aliphatic heterocycles. The molecule has 2 atom stereocenters. The highest BCUT2D eigenvalue weighted by molar-refractivity contribution is 7.84. The van der Waals surface area contributed by atoms with Gasteiger partial charge in [0.25, 0.3) is 0 Å². The lowest BCUT2D eigenvalue weighted by Crippen LogP contribution is -2.11. The summed E-state index contributed by atoms with van der Waals surface area (Å²) in [7, 11) is -1.25. The zero-order chi connectivity index (χ0) is 15.4. The maximum atomic E-state index is 13.7. The Bertz CT molecular complexity index is 670. The van der Waals surface area contributed by atoms with Gasteiger partial charge in [0.2, 0.25) is 5.91 Å². The lowest BCUT2D eigenvalue weighted by molar-refractivity contribution is 0.100. The van der Waals surface area contributed by atoms with Gasteiger partial charge in [-0.2, -0.15) is 0 Å². The van der Waals surface area contributed by atoms with Crippen molar-refractivity contribution in [3.8, 4) is 0 Å². The molecule has 0 saturated carbocycles. The first-order valence-corrected chi connectivity index (χ1v) is 7.87. The van der Waals surface area contributed by atoms with E-state index in [4.69, 9.17) is 5.73 Å². The third kappa shape index (κ3) is 3.76. The molecule has 3 nitrogen and oxygen atoms in total. The summed E-state index contributed by atoms with van der Waals surface area (Å²) in [4.78, 5) is 11.0. The Kier molecular flexibility index (Phi) is 4.85. The molecule has 0 aromatic heterocycles. The Morgan fingerprint density at radius 1 is 1.19 bits per heavy atom. The van der Waals surface area contributed by atoms with Crippen LogP contribution in [-0.4, -0.2) is 10.1 Å². The van der Waals surface area contributed by atoms with Crippen LogP contribution < -0.4 is 5.73 Å². The normalized spacial score (nSPS) is 13.6. The van der Waals surface area contributed by atoms with Crippen molar-refractivity contribution in [2.75, 3.05) is 0 Å². The molecule has 1 amide bonds. The zero-order valence-electron chi connectivity index (χ0n) is 11.6. The van der Waals surface area contributed by atoms with E-state index in [0.717, 1.165) is 5.56 Å². The fourth-order valence-corrected chi connectivity index (χ4v) is 3.25. The fourth-order valence-electron chi connectivity index (χ4n) is 2.00.